The highest BCUT2D eigenvalue weighted by molar-refractivity contribution is 6.01. The maximum absolute atomic E-state index is 14.8. The predicted molar refractivity (Wildman–Crippen MR) is 113 cm³/mol. The van der Waals surface area contributed by atoms with Crippen LogP contribution >= 0.6 is 0 Å². The van der Waals surface area contributed by atoms with E-state index in [1.807, 2.05) is 4.90 Å². The summed E-state index contributed by atoms with van der Waals surface area (Å²) in [7, 11) is 0. The highest BCUT2D eigenvalue weighted by Gasteiger charge is 2.31. The number of likely N-dealkylation sites (tertiary alicyclic amines) is 1. The number of carbonyl (C=O) groups excluding carboxylic acids is 2. The Morgan fingerprint density at radius 3 is 2.39 bits per heavy atom. The number of piperidine rings is 3. The Bertz CT molecular complexity index is 848. The summed E-state index contributed by atoms with van der Waals surface area (Å²) in [5.74, 6) is -1.91. The molecule has 1 aromatic rings. The molecule has 2 amide bonds. The number of imide groups is 1. The molecule has 3 N–H and O–H groups in total. The molecule has 0 spiro atoms. The lowest BCUT2D eigenvalue weighted by Crippen LogP contribution is -2.48. The van der Waals surface area contributed by atoms with Crippen LogP contribution in [0.25, 0.3) is 0 Å². The number of hydrogen-bond donors (Lipinski definition) is 3. The van der Waals surface area contributed by atoms with Crippen LogP contribution in [0.2, 0.25) is 0 Å². The van der Waals surface area contributed by atoms with Crippen molar-refractivity contribution in [3.05, 3.63) is 24.0 Å². The molecule has 1 atom stereocenters. The lowest BCUT2D eigenvalue weighted by atomic mass is 9.93. The average Bonchev–Trinajstić information content (AvgIpc) is 2.76. The molecule has 3 aliphatic rings. The van der Waals surface area contributed by atoms with Gasteiger partial charge >= 0.3 is 5.97 Å². The van der Waals surface area contributed by atoms with Gasteiger partial charge in [-0.2, -0.15) is 0 Å². The SMILES string of the molecule is O=C1CCC(Nc2ccc(N3CCC(N4CCC(C(=O)O)CC4)CC3)c(F)c2)C(=O)N1. The number of carbonyl (C=O) groups is 3. The fourth-order valence-corrected chi connectivity index (χ4v) is 4.87. The van der Waals surface area contributed by atoms with Crippen molar-refractivity contribution >= 4 is 29.2 Å². The summed E-state index contributed by atoms with van der Waals surface area (Å²) in [5.41, 5.74) is 1.07. The van der Waals surface area contributed by atoms with E-state index in [9.17, 15) is 18.8 Å². The Morgan fingerprint density at radius 2 is 1.77 bits per heavy atom. The molecule has 3 saturated heterocycles. The van der Waals surface area contributed by atoms with Crippen LogP contribution in [0, 0.1) is 11.7 Å². The van der Waals surface area contributed by atoms with Gasteiger partial charge < -0.3 is 20.2 Å². The maximum Gasteiger partial charge on any atom is 0.306 e. The largest absolute Gasteiger partial charge is 0.481 e. The summed E-state index contributed by atoms with van der Waals surface area (Å²) in [5, 5.41) is 14.5. The number of carboxylic acid groups (broad SMARTS) is 1. The molecule has 8 nitrogen and oxygen atoms in total. The number of halogens is 1. The average molecular weight is 432 g/mol. The van der Waals surface area contributed by atoms with Crippen LogP contribution in [0.4, 0.5) is 15.8 Å². The van der Waals surface area contributed by atoms with Gasteiger partial charge in [0, 0.05) is 31.2 Å². The van der Waals surface area contributed by atoms with Crippen molar-refractivity contribution < 1.29 is 23.9 Å². The molecule has 0 bridgehead atoms. The van der Waals surface area contributed by atoms with Crippen LogP contribution in [0.5, 0.6) is 0 Å². The van der Waals surface area contributed by atoms with Crippen LogP contribution < -0.4 is 15.5 Å². The molecule has 1 unspecified atom stereocenters. The monoisotopic (exact) mass is 432 g/mol. The third-order valence-corrected chi connectivity index (χ3v) is 6.73. The van der Waals surface area contributed by atoms with Crippen LogP contribution in [-0.2, 0) is 14.4 Å². The first-order valence-corrected chi connectivity index (χ1v) is 11.0. The molecule has 3 heterocycles. The number of nitrogens with zero attached hydrogens (tertiary/aromatic N) is 2. The molecular formula is C22H29FN4O4. The molecule has 0 aromatic heterocycles. The molecule has 4 rings (SSSR count). The van der Waals surface area contributed by atoms with Gasteiger partial charge in [0.05, 0.1) is 11.6 Å². The van der Waals surface area contributed by atoms with Crippen LogP contribution in [0.15, 0.2) is 18.2 Å². The minimum Gasteiger partial charge on any atom is -0.481 e. The standard InChI is InChI=1S/C22H29FN4O4/c23-17-13-15(24-18-2-4-20(28)25-21(18)29)1-3-19(17)27-11-7-16(8-12-27)26-9-5-14(6-10-26)22(30)31/h1,3,13-14,16,18,24H,2,4-12H2,(H,30,31)(H,25,28,29). The molecule has 168 valence electrons. The molecule has 1 aromatic carbocycles. The van der Waals surface area contributed by atoms with E-state index < -0.39 is 12.0 Å². The number of hydrogen-bond acceptors (Lipinski definition) is 6. The Kier molecular flexibility index (Phi) is 6.41. The van der Waals surface area contributed by atoms with E-state index in [4.69, 9.17) is 5.11 Å². The van der Waals surface area contributed by atoms with E-state index in [1.165, 1.54) is 6.07 Å². The summed E-state index contributed by atoms with van der Waals surface area (Å²) < 4.78 is 14.8. The molecule has 31 heavy (non-hydrogen) atoms. The van der Waals surface area contributed by atoms with E-state index >= 15 is 0 Å². The van der Waals surface area contributed by atoms with E-state index in [-0.39, 0.29) is 30.0 Å². The van der Waals surface area contributed by atoms with E-state index in [1.54, 1.807) is 12.1 Å². The zero-order valence-electron chi connectivity index (χ0n) is 17.5. The number of carboxylic acids is 1. The zero-order valence-corrected chi connectivity index (χ0v) is 17.5. The van der Waals surface area contributed by atoms with Gasteiger partial charge in [-0.15, -0.1) is 0 Å². The minimum absolute atomic E-state index is 0.224. The Balaban J connectivity index is 1.30. The number of aliphatic carboxylic acids is 1. The van der Waals surface area contributed by atoms with Crippen LogP contribution in [-0.4, -0.2) is 66.1 Å². The molecule has 0 aliphatic carbocycles. The molecule has 3 aliphatic heterocycles. The van der Waals surface area contributed by atoms with Gasteiger partial charge in [-0.1, -0.05) is 0 Å². The summed E-state index contributed by atoms with van der Waals surface area (Å²) >= 11 is 0. The first kappa shape index (κ1) is 21.5. The van der Waals surface area contributed by atoms with Crippen LogP contribution in [0.1, 0.15) is 38.5 Å². The van der Waals surface area contributed by atoms with Crippen LogP contribution in [0.3, 0.4) is 0 Å². The lowest BCUT2D eigenvalue weighted by Gasteiger charge is -2.42. The van der Waals surface area contributed by atoms with Crippen molar-refractivity contribution in [2.45, 2.75) is 50.6 Å². The summed E-state index contributed by atoms with van der Waals surface area (Å²) in [6, 6.07) is 4.79. The smallest absolute Gasteiger partial charge is 0.306 e. The van der Waals surface area contributed by atoms with Crippen molar-refractivity contribution in [1.82, 2.24) is 10.2 Å². The summed E-state index contributed by atoms with van der Waals surface area (Å²) in [6.45, 7) is 3.13. The number of amides is 2. The fourth-order valence-electron chi connectivity index (χ4n) is 4.87. The van der Waals surface area contributed by atoms with Crippen molar-refractivity contribution in [2.75, 3.05) is 36.4 Å². The third kappa shape index (κ3) is 4.98. The normalized spacial score (nSPS) is 24.2. The lowest BCUT2D eigenvalue weighted by molar-refractivity contribution is -0.143. The second kappa shape index (κ2) is 9.21. The summed E-state index contributed by atoms with van der Waals surface area (Å²) in [6.07, 6.45) is 3.91. The third-order valence-electron chi connectivity index (χ3n) is 6.73. The predicted octanol–water partition coefficient (Wildman–Crippen LogP) is 1.81. The number of benzene rings is 1. The van der Waals surface area contributed by atoms with Gasteiger partial charge in [0.1, 0.15) is 11.9 Å². The molecular weight excluding hydrogens is 403 g/mol. The number of nitrogens with one attached hydrogen (secondary N) is 2. The van der Waals surface area contributed by atoms with E-state index in [2.05, 4.69) is 15.5 Å². The second-order valence-electron chi connectivity index (χ2n) is 8.68. The Labute approximate surface area is 180 Å². The minimum atomic E-state index is -0.694. The highest BCUT2D eigenvalue weighted by Crippen LogP contribution is 2.29. The van der Waals surface area contributed by atoms with Crippen molar-refractivity contribution in [3.8, 4) is 0 Å². The summed E-state index contributed by atoms with van der Waals surface area (Å²) in [4.78, 5) is 38.7. The fraction of sp³-hybridized carbons (Fsp3) is 0.591. The van der Waals surface area contributed by atoms with Gasteiger partial charge in [-0.05, 0) is 63.4 Å². The Morgan fingerprint density at radius 1 is 1.06 bits per heavy atom. The maximum atomic E-state index is 14.8. The van der Waals surface area contributed by atoms with Gasteiger partial charge in [0.25, 0.3) is 0 Å². The quantitative estimate of drug-likeness (QED) is 0.610. The first-order chi connectivity index (χ1) is 14.9. The topological polar surface area (TPSA) is 102 Å². The highest BCUT2D eigenvalue weighted by atomic mass is 19.1. The first-order valence-electron chi connectivity index (χ1n) is 11.0. The van der Waals surface area contributed by atoms with E-state index in [0.717, 1.165) is 39.0 Å². The van der Waals surface area contributed by atoms with E-state index in [0.29, 0.717) is 36.7 Å². The van der Waals surface area contributed by atoms with Gasteiger partial charge in [0.2, 0.25) is 11.8 Å². The van der Waals surface area contributed by atoms with Gasteiger partial charge in [0.15, 0.2) is 0 Å². The zero-order chi connectivity index (χ0) is 22.0. The molecule has 0 radical (unpaired) electrons. The molecule has 9 heteroatoms. The van der Waals surface area contributed by atoms with Crippen molar-refractivity contribution in [2.24, 2.45) is 5.92 Å². The van der Waals surface area contributed by atoms with Crippen molar-refractivity contribution in [1.29, 1.82) is 0 Å². The van der Waals surface area contributed by atoms with Crippen molar-refractivity contribution in [3.63, 3.8) is 0 Å². The second-order valence-corrected chi connectivity index (χ2v) is 8.68. The molecule has 0 saturated carbocycles. The Hall–Kier alpha value is -2.68. The number of rotatable bonds is 5. The number of anilines is 2. The molecule has 3 fully saturated rings. The van der Waals surface area contributed by atoms with Gasteiger partial charge in [-0.3, -0.25) is 19.7 Å². The van der Waals surface area contributed by atoms with Gasteiger partial charge in [-0.25, -0.2) is 4.39 Å².